The average molecular weight is 531 g/mol. The maximum atomic E-state index is 12.2. The molecular formula is C24H30N6O4S2. The summed E-state index contributed by atoms with van der Waals surface area (Å²) in [5.41, 5.74) is 1.61. The highest BCUT2D eigenvalue weighted by Crippen LogP contribution is 2.28. The molecule has 1 aromatic carbocycles. The second-order valence-electron chi connectivity index (χ2n) is 8.16. The van der Waals surface area contributed by atoms with Crippen molar-refractivity contribution in [3.63, 3.8) is 0 Å². The zero-order valence-electron chi connectivity index (χ0n) is 20.6. The standard InChI is InChI=1S/C24H30N6O4S2/c1-4-34-22(31)21-16(2)26-24(35-21)29-23-27-19(14-20(28-23)30-12-6-5-7-13-30)25-15-17-8-10-18(11-9-17)36(32)33-3/h8-11,14H,4-7,12-13,15H2,1-3H3,(H2,25,26,27,28,29). The molecule has 4 rings (SSSR count). The first-order valence-corrected chi connectivity index (χ1v) is 13.7. The topological polar surface area (TPSA) is 119 Å². The van der Waals surface area contributed by atoms with Crippen LogP contribution in [0, 0.1) is 6.92 Å². The van der Waals surface area contributed by atoms with Crippen LogP contribution >= 0.6 is 11.3 Å². The molecule has 1 fully saturated rings. The molecule has 3 aromatic rings. The number of aromatic nitrogens is 3. The Morgan fingerprint density at radius 3 is 2.58 bits per heavy atom. The Morgan fingerprint density at radius 2 is 1.89 bits per heavy atom. The molecule has 36 heavy (non-hydrogen) atoms. The summed E-state index contributed by atoms with van der Waals surface area (Å²) in [6.07, 6.45) is 3.47. The molecule has 2 aromatic heterocycles. The molecule has 1 unspecified atom stereocenters. The zero-order chi connectivity index (χ0) is 25.5. The van der Waals surface area contributed by atoms with Gasteiger partial charge in [0.25, 0.3) is 0 Å². The summed E-state index contributed by atoms with van der Waals surface area (Å²) < 4.78 is 21.8. The quantitative estimate of drug-likeness (QED) is 0.364. The van der Waals surface area contributed by atoms with Gasteiger partial charge in [0.05, 0.1) is 24.3 Å². The van der Waals surface area contributed by atoms with E-state index < -0.39 is 11.1 Å². The largest absolute Gasteiger partial charge is 0.462 e. The molecule has 3 heterocycles. The molecule has 192 valence electrons. The minimum Gasteiger partial charge on any atom is -0.462 e. The van der Waals surface area contributed by atoms with Gasteiger partial charge < -0.3 is 15.0 Å². The molecule has 0 amide bonds. The van der Waals surface area contributed by atoms with Gasteiger partial charge in [-0.2, -0.15) is 9.97 Å². The van der Waals surface area contributed by atoms with Crippen LogP contribution in [0.15, 0.2) is 35.2 Å². The van der Waals surface area contributed by atoms with Crippen LogP contribution in [-0.2, 0) is 26.5 Å². The number of aryl methyl sites for hydroxylation is 1. The summed E-state index contributed by atoms with van der Waals surface area (Å²) in [6.45, 7) is 6.27. The monoisotopic (exact) mass is 530 g/mol. The third-order valence-corrected chi connectivity index (χ3v) is 7.62. The normalized spacial score (nSPS) is 14.4. The molecule has 1 saturated heterocycles. The number of anilines is 4. The highest BCUT2D eigenvalue weighted by atomic mass is 32.2. The number of rotatable bonds is 10. The number of carbonyl (C=O) groups is 1. The lowest BCUT2D eigenvalue weighted by Crippen LogP contribution is -2.30. The van der Waals surface area contributed by atoms with Gasteiger partial charge in [0.15, 0.2) is 16.2 Å². The molecule has 0 saturated carbocycles. The number of nitrogens with zero attached hydrogens (tertiary/aromatic N) is 4. The molecule has 1 aliphatic rings. The second kappa shape index (κ2) is 12.2. The first-order chi connectivity index (χ1) is 17.5. The molecule has 0 spiro atoms. The van der Waals surface area contributed by atoms with E-state index in [1.807, 2.05) is 18.2 Å². The van der Waals surface area contributed by atoms with Crippen molar-refractivity contribution >= 4 is 51.1 Å². The van der Waals surface area contributed by atoms with Crippen molar-refractivity contribution in [3.05, 3.63) is 46.5 Å². The number of esters is 1. The third kappa shape index (κ3) is 6.56. The summed E-state index contributed by atoms with van der Waals surface area (Å²) in [6, 6.07) is 9.33. The molecule has 12 heteroatoms. The highest BCUT2D eigenvalue weighted by Gasteiger charge is 2.19. The summed E-state index contributed by atoms with van der Waals surface area (Å²) in [4.78, 5) is 29.4. The predicted octanol–water partition coefficient (Wildman–Crippen LogP) is 4.43. The van der Waals surface area contributed by atoms with Gasteiger partial charge in [0.1, 0.15) is 16.5 Å². The lowest BCUT2D eigenvalue weighted by atomic mass is 10.1. The van der Waals surface area contributed by atoms with E-state index in [1.54, 1.807) is 26.0 Å². The van der Waals surface area contributed by atoms with E-state index in [0.717, 1.165) is 37.3 Å². The van der Waals surface area contributed by atoms with Crippen molar-refractivity contribution in [3.8, 4) is 0 Å². The Morgan fingerprint density at radius 1 is 1.14 bits per heavy atom. The smallest absolute Gasteiger partial charge is 0.350 e. The minimum atomic E-state index is -1.46. The third-order valence-electron chi connectivity index (χ3n) is 5.61. The molecule has 0 aliphatic carbocycles. The first kappa shape index (κ1) is 26.0. The van der Waals surface area contributed by atoms with Crippen LogP contribution in [0.2, 0.25) is 0 Å². The lowest BCUT2D eigenvalue weighted by Gasteiger charge is -2.28. The number of hydrogen-bond acceptors (Lipinski definition) is 11. The Kier molecular flexibility index (Phi) is 8.83. The Hall–Kier alpha value is -3.09. The summed E-state index contributed by atoms with van der Waals surface area (Å²) >= 11 is -0.241. The van der Waals surface area contributed by atoms with Crippen LogP contribution < -0.4 is 15.5 Å². The Bertz CT molecular complexity index is 1210. The van der Waals surface area contributed by atoms with E-state index in [-0.39, 0.29) is 5.97 Å². The predicted molar refractivity (Wildman–Crippen MR) is 141 cm³/mol. The summed E-state index contributed by atoms with van der Waals surface area (Å²) in [5.74, 6) is 1.51. The van der Waals surface area contributed by atoms with E-state index in [1.165, 1.54) is 24.9 Å². The van der Waals surface area contributed by atoms with Gasteiger partial charge in [0.2, 0.25) is 5.95 Å². The molecule has 1 atom stereocenters. The fraction of sp³-hybridized carbons (Fsp3) is 0.417. The fourth-order valence-corrected chi connectivity index (χ4v) is 5.21. The van der Waals surface area contributed by atoms with Crippen LogP contribution in [0.4, 0.5) is 22.7 Å². The van der Waals surface area contributed by atoms with Gasteiger partial charge in [-0.3, -0.25) is 9.50 Å². The number of carbonyl (C=O) groups excluding carboxylic acids is 1. The summed E-state index contributed by atoms with van der Waals surface area (Å²) in [7, 11) is 1.41. The molecular weight excluding hydrogens is 500 g/mol. The summed E-state index contributed by atoms with van der Waals surface area (Å²) in [5, 5.41) is 7.06. The van der Waals surface area contributed by atoms with Crippen LogP contribution in [0.3, 0.4) is 0 Å². The Balaban J connectivity index is 1.54. The van der Waals surface area contributed by atoms with Crippen LogP contribution in [-0.4, -0.2) is 51.9 Å². The number of benzene rings is 1. The van der Waals surface area contributed by atoms with Gasteiger partial charge in [-0.05, 0) is 50.8 Å². The fourth-order valence-electron chi connectivity index (χ4n) is 3.80. The van der Waals surface area contributed by atoms with Gasteiger partial charge in [-0.15, -0.1) is 0 Å². The van der Waals surface area contributed by atoms with Crippen molar-refractivity contribution in [2.75, 3.05) is 42.3 Å². The number of ether oxygens (including phenoxy) is 1. The molecule has 10 nitrogen and oxygen atoms in total. The van der Waals surface area contributed by atoms with Crippen molar-refractivity contribution in [1.82, 2.24) is 15.0 Å². The van der Waals surface area contributed by atoms with Crippen molar-refractivity contribution in [2.45, 2.75) is 44.6 Å². The van der Waals surface area contributed by atoms with Gasteiger partial charge in [-0.25, -0.2) is 14.0 Å². The molecule has 0 radical (unpaired) electrons. The van der Waals surface area contributed by atoms with E-state index in [9.17, 15) is 9.00 Å². The van der Waals surface area contributed by atoms with Gasteiger partial charge >= 0.3 is 5.97 Å². The zero-order valence-corrected chi connectivity index (χ0v) is 22.2. The highest BCUT2D eigenvalue weighted by molar-refractivity contribution is 7.80. The minimum absolute atomic E-state index is 0.307. The maximum Gasteiger partial charge on any atom is 0.350 e. The maximum absolute atomic E-state index is 12.2. The number of hydrogen-bond donors (Lipinski definition) is 2. The van der Waals surface area contributed by atoms with E-state index >= 15 is 0 Å². The van der Waals surface area contributed by atoms with Crippen molar-refractivity contribution < 1.29 is 17.9 Å². The molecule has 2 N–H and O–H groups in total. The van der Waals surface area contributed by atoms with Gasteiger partial charge in [0, 0.05) is 25.7 Å². The van der Waals surface area contributed by atoms with Crippen LogP contribution in [0.1, 0.15) is 47.1 Å². The number of nitrogens with one attached hydrogen (secondary N) is 2. The van der Waals surface area contributed by atoms with Crippen molar-refractivity contribution in [2.24, 2.45) is 0 Å². The molecule has 0 bridgehead atoms. The van der Waals surface area contributed by atoms with E-state index in [4.69, 9.17) is 13.9 Å². The van der Waals surface area contributed by atoms with Crippen molar-refractivity contribution in [1.29, 1.82) is 0 Å². The van der Waals surface area contributed by atoms with E-state index in [0.29, 0.717) is 45.5 Å². The number of piperidine rings is 1. The first-order valence-electron chi connectivity index (χ1n) is 11.8. The Labute approximate surface area is 217 Å². The number of thiazole rings is 1. The van der Waals surface area contributed by atoms with E-state index in [2.05, 4.69) is 25.5 Å². The van der Waals surface area contributed by atoms with Crippen LogP contribution in [0.5, 0.6) is 0 Å². The molecule has 1 aliphatic heterocycles. The van der Waals surface area contributed by atoms with Gasteiger partial charge in [-0.1, -0.05) is 23.5 Å². The second-order valence-corrected chi connectivity index (χ2v) is 10.4. The average Bonchev–Trinajstić information content (AvgIpc) is 3.27. The van der Waals surface area contributed by atoms with Crippen LogP contribution in [0.25, 0.3) is 0 Å². The lowest BCUT2D eigenvalue weighted by molar-refractivity contribution is 0.0531. The SMILES string of the molecule is CCOC(=O)c1sc(Nc2nc(NCc3ccc(S(=O)OC)cc3)cc(N3CCCCC3)n2)nc1C.